The molecule has 2 nitrogen and oxygen atoms in total. The van der Waals surface area contributed by atoms with Gasteiger partial charge >= 0.3 is 8.03 Å². The molecule has 0 N–H and O–H groups in total. The van der Waals surface area contributed by atoms with Gasteiger partial charge in [0.15, 0.2) is 6.16 Å². The molecule has 0 radical (unpaired) electrons. The summed E-state index contributed by atoms with van der Waals surface area (Å²) in [6, 6.07) is 8.29. The van der Waals surface area contributed by atoms with Gasteiger partial charge < -0.3 is 0 Å². The Morgan fingerprint density at radius 1 is 1.29 bits per heavy atom. The molecule has 0 amide bonds. The molecule has 1 unspecified atom stereocenters. The fraction of sp³-hybridized carbons (Fsp3) is 0.455. The molecule has 0 spiro atoms. The Morgan fingerprint density at radius 2 is 1.93 bits per heavy atom. The van der Waals surface area contributed by atoms with E-state index in [1.165, 1.54) is 11.1 Å². The van der Waals surface area contributed by atoms with Crippen LogP contribution < -0.4 is 0 Å². The van der Waals surface area contributed by atoms with Crippen LogP contribution in [0.2, 0.25) is 0 Å². The first kappa shape index (κ1) is 11.4. The van der Waals surface area contributed by atoms with Crippen LogP contribution in [0.15, 0.2) is 24.3 Å². The molecule has 76 valence electrons. The number of hydrogen-bond acceptors (Lipinski definition) is 2. The fourth-order valence-corrected chi connectivity index (χ4v) is 2.04. The van der Waals surface area contributed by atoms with E-state index in [0.717, 1.165) is 6.42 Å². The van der Waals surface area contributed by atoms with Crippen molar-refractivity contribution in [1.82, 2.24) is 0 Å². The molecular formula is C11H16O2P+. The van der Waals surface area contributed by atoms with E-state index in [1.807, 2.05) is 6.92 Å². The Labute approximate surface area is 86.2 Å². The smallest absolute Gasteiger partial charge is 0.147 e. The lowest BCUT2D eigenvalue weighted by Crippen LogP contribution is -1.90. The zero-order valence-corrected chi connectivity index (χ0v) is 9.59. The van der Waals surface area contributed by atoms with E-state index >= 15 is 0 Å². The monoisotopic (exact) mass is 211 g/mol. The van der Waals surface area contributed by atoms with Crippen molar-refractivity contribution in [3.8, 4) is 0 Å². The van der Waals surface area contributed by atoms with Gasteiger partial charge in [0.25, 0.3) is 0 Å². The van der Waals surface area contributed by atoms with Gasteiger partial charge in [0.1, 0.15) is 0 Å². The Kier molecular flexibility index (Phi) is 4.78. The topological polar surface area (TPSA) is 26.3 Å². The van der Waals surface area contributed by atoms with Crippen LogP contribution in [0.25, 0.3) is 0 Å². The molecule has 0 aliphatic rings. The molecule has 0 aliphatic carbocycles. The summed E-state index contributed by atoms with van der Waals surface area (Å²) in [6.45, 7) is 4.45. The van der Waals surface area contributed by atoms with E-state index in [2.05, 4.69) is 31.2 Å². The molecule has 0 saturated carbocycles. The van der Waals surface area contributed by atoms with Gasteiger partial charge in [-0.1, -0.05) is 29.8 Å². The van der Waals surface area contributed by atoms with Gasteiger partial charge in [-0.2, -0.15) is 0 Å². The van der Waals surface area contributed by atoms with Crippen LogP contribution in [0.4, 0.5) is 0 Å². The molecule has 1 rings (SSSR count). The van der Waals surface area contributed by atoms with Crippen molar-refractivity contribution >= 4 is 8.03 Å². The highest BCUT2D eigenvalue weighted by molar-refractivity contribution is 7.39. The molecule has 0 saturated heterocycles. The minimum Gasteiger partial charge on any atom is -0.147 e. The molecule has 1 atom stereocenters. The Morgan fingerprint density at radius 3 is 2.50 bits per heavy atom. The summed E-state index contributed by atoms with van der Waals surface area (Å²) >= 11 is 0. The van der Waals surface area contributed by atoms with E-state index in [4.69, 9.17) is 4.52 Å². The average Bonchev–Trinajstić information content (AvgIpc) is 2.17. The SMILES string of the molecule is CCO[P+](=O)CCc1ccc(C)cc1. The number of benzene rings is 1. The van der Waals surface area contributed by atoms with Gasteiger partial charge in [-0.15, -0.1) is 4.52 Å². The number of rotatable bonds is 5. The molecule has 0 bridgehead atoms. The molecule has 1 aromatic rings. The minimum absolute atomic E-state index is 0.531. The zero-order valence-electron chi connectivity index (χ0n) is 8.69. The summed E-state index contributed by atoms with van der Waals surface area (Å²) < 4.78 is 16.2. The lowest BCUT2D eigenvalue weighted by Gasteiger charge is -1.96. The Hall–Kier alpha value is -0.720. The Balaban J connectivity index is 2.38. The zero-order chi connectivity index (χ0) is 10.4. The standard InChI is InChI=1S/C11H16O2P/c1-3-13-14(12)9-8-11-6-4-10(2)5-7-11/h4-7H,3,8-9H2,1-2H3/q+1. The van der Waals surface area contributed by atoms with E-state index in [9.17, 15) is 4.57 Å². The fourth-order valence-electron chi connectivity index (χ4n) is 1.18. The minimum atomic E-state index is -1.46. The predicted molar refractivity (Wildman–Crippen MR) is 59.0 cm³/mol. The van der Waals surface area contributed by atoms with Crippen molar-refractivity contribution in [3.05, 3.63) is 35.4 Å². The van der Waals surface area contributed by atoms with Gasteiger partial charge in [0.05, 0.1) is 6.61 Å². The quantitative estimate of drug-likeness (QED) is 0.698. The van der Waals surface area contributed by atoms with Crippen molar-refractivity contribution in [3.63, 3.8) is 0 Å². The molecule has 0 aromatic heterocycles. The van der Waals surface area contributed by atoms with Crippen LogP contribution in [0.1, 0.15) is 18.1 Å². The van der Waals surface area contributed by atoms with Crippen LogP contribution in [0.5, 0.6) is 0 Å². The second kappa shape index (κ2) is 5.90. The van der Waals surface area contributed by atoms with Crippen molar-refractivity contribution in [2.45, 2.75) is 20.3 Å². The van der Waals surface area contributed by atoms with Gasteiger partial charge in [-0.3, -0.25) is 0 Å². The van der Waals surface area contributed by atoms with E-state index in [0.29, 0.717) is 12.8 Å². The Bertz CT molecular complexity index is 293. The van der Waals surface area contributed by atoms with Crippen molar-refractivity contribution in [2.75, 3.05) is 12.8 Å². The maximum absolute atomic E-state index is 11.2. The molecular weight excluding hydrogens is 195 g/mol. The summed E-state index contributed by atoms with van der Waals surface area (Å²) in [7, 11) is -1.46. The lowest BCUT2D eigenvalue weighted by molar-refractivity contribution is 0.350. The highest BCUT2D eigenvalue weighted by atomic mass is 31.1. The first-order chi connectivity index (χ1) is 6.72. The third-order valence-corrected chi connectivity index (χ3v) is 3.11. The van der Waals surface area contributed by atoms with Crippen LogP contribution in [-0.4, -0.2) is 12.8 Å². The number of hydrogen-bond donors (Lipinski definition) is 0. The van der Waals surface area contributed by atoms with Crippen LogP contribution in [0.3, 0.4) is 0 Å². The third-order valence-electron chi connectivity index (χ3n) is 1.98. The molecule has 1 aromatic carbocycles. The second-order valence-corrected chi connectivity index (χ2v) is 4.58. The van der Waals surface area contributed by atoms with E-state index < -0.39 is 8.03 Å². The summed E-state index contributed by atoms with van der Waals surface area (Å²) in [4.78, 5) is 0. The third kappa shape index (κ3) is 3.99. The highest BCUT2D eigenvalue weighted by Crippen LogP contribution is 2.22. The van der Waals surface area contributed by atoms with Crippen molar-refractivity contribution < 1.29 is 9.09 Å². The van der Waals surface area contributed by atoms with Gasteiger partial charge in [0.2, 0.25) is 0 Å². The summed E-state index contributed by atoms with van der Waals surface area (Å²) in [5.41, 5.74) is 2.47. The van der Waals surface area contributed by atoms with Gasteiger partial charge in [-0.25, -0.2) is 0 Å². The van der Waals surface area contributed by atoms with Crippen LogP contribution in [0, 0.1) is 6.92 Å². The second-order valence-electron chi connectivity index (χ2n) is 3.21. The summed E-state index contributed by atoms with van der Waals surface area (Å²) in [5.74, 6) is 0. The van der Waals surface area contributed by atoms with Gasteiger partial charge in [0, 0.05) is 6.42 Å². The number of aryl methyl sites for hydroxylation is 2. The van der Waals surface area contributed by atoms with Crippen molar-refractivity contribution in [1.29, 1.82) is 0 Å². The lowest BCUT2D eigenvalue weighted by atomic mass is 10.1. The van der Waals surface area contributed by atoms with E-state index in [-0.39, 0.29) is 0 Å². The molecule has 0 heterocycles. The first-order valence-electron chi connectivity index (χ1n) is 4.85. The first-order valence-corrected chi connectivity index (χ1v) is 6.21. The average molecular weight is 211 g/mol. The van der Waals surface area contributed by atoms with Crippen LogP contribution in [-0.2, 0) is 15.5 Å². The molecule has 3 heteroatoms. The molecule has 0 fully saturated rings. The van der Waals surface area contributed by atoms with Crippen molar-refractivity contribution in [2.24, 2.45) is 0 Å². The van der Waals surface area contributed by atoms with E-state index in [1.54, 1.807) is 0 Å². The normalized spacial score (nSPS) is 11.4. The largest absolute Gasteiger partial charge is 0.508 e. The van der Waals surface area contributed by atoms with Crippen LogP contribution >= 0.6 is 8.03 Å². The van der Waals surface area contributed by atoms with Gasteiger partial charge in [-0.05, 0) is 24.0 Å². The molecule has 14 heavy (non-hydrogen) atoms. The summed E-state index contributed by atoms with van der Waals surface area (Å²) in [5, 5.41) is 0. The summed E-state index contributed by atoms with van der Waals surface area (Å²) in [6.07, 6.45) is 1.45. The molecule has 0 aliphatic heterocycles. The highest BCUT2D eigenvalue weighted by Gasteiger charge is 2.15. The maximum Gasteiger partial charge on any atom is 0.508 e. The predicted octanol–water partition coefficient (Wildman–Crippen LogP) is 3.32. The maximum atomic E-state index is 11.2.